The summed E-state index contributed by atoms with van der Waals surface area (Å²) in [6, 6.07) is 0. The summed E-state index contributed by atoms with van der Waals surface area (Å²) in [6.45, 7) is 3.38. The predicted octanol–water partition coefficient (Wildman–Crippen LogP) is 1.37. The fourth-order valence-electron chi connectivity index (χ4n) is 0.599. The second kappa shape index (κ2) is 4.67. The maximum absolute atomic E-state index is 11.4. The normalized spacial score (nSPS) is 11.5. The Hall–Kier alpha value is -0.150. The lowest BCUT2D eigenvalue weighted by Crippen LogP contribution is -1.94. The van der Waals surface area contributed by atoms with Crippen LogP contribution in [0.25, 0.3) is 0 Å². The van der Waals surface area contributed by atoms with Crippen LogP contribution in [0.5, 0.6) is 0 Å². The Balaban J connectivity index is 4.26. The van der Waals surface area contributed by atoms with E-state index in [1.165, 1.54) is 14.2 Å². The van der Waals surface area contributed by atoms with Crippen LogP contribution < -0.4 is 0 Å². The molecule has 66 valence electrons. The van der Waals surface area contributed by atoms with Gasteiger partial charge in [0, 0.05) is 32.6 Å². The minimum atomic E-state index is -3.14. The molecular weight excluding hydrogens is 167 g/mol. The van der Waals surface area contributed by atoms with Gasteiger partial charge in [-0.15, -0.1) is 0 Å². The van der Waals surface area contributed by atoms with E-state index in [9.17, 15) is 4.57 Å². The van der Waals surface area contributed by atoms with Crippen LogP contribution in [0.2, 0.25) is 0 Å². The van der Waals surface area contributed by atoms with Crippen LogP contribution in [-0.4, -0.2) is 25.9 Å². The highest BCUT2D eigenvalue weighted by Gasteiger charge is 2.24. The van der Waals surface area contributed by atoms with Gasteiger partial charge in [-0.1, -0.05) is 6.58 Å². The Morgan fingerprint density at radius 3 is 2.27 bits per heavy atom. The summed E-state index contributed by atoms with van der Waals surface area (Å²) < 4.78 is 20.6. The van der Waals surface area contributed by atoms with E-state index in [2.05, 4.69) is 15.6 Å². The Labute approximate surface area is 66.4 Å². The van der Waals surface area contributed by atoms with Gasteiger partial charge >= 0.3 is 7.60 Å². The zero-order valence-corrected chi connectivity index (χ0v) is 7.63. The van der Waals surface area contributed by atoms with Crippen molar-refractivity contribution in [3.05, 3.63) is 11.9 Å². The lowest BCUT2D eigenvalue weighted by atomic mass is 10.4. The molecule has 0 aromatic carbocycles. The number of aliphatic hydroxyl groups excluding tert-OH is 1. The van der Waals surface area contributed by atoms with E-state index in [0.29, 0.717) is 5.31 Å². The molecule has 0 aromatic heterocycles. The van der Waals surface area contributed by atoms with E-state index in [0.717, 1.165) is 0 Å². The van der Waals surface area contributed by atoms with Gasteiger partial charge in [0.25, 0.3) is 0 Å². The number of hydrogen-bond acceptors (Lipinski definition) is 4. The van der Waals surface area contributed by atoms with Crippen molar-refractivity contribution < 1.29 is 18.7 Å². The second-order valence-corrected chi connectivity index (χ2v) is 4.26. The zero-order valence-electron chi connectivity index (χ0n) is 6.74. The van der Waals surface area contributed by atoms with Crippen LogP contribution in [0.3, 0.4) is 0 Å². The number of hydrogen-bond donors (Lipinski definition) is 1. The van der Waals surface area contributed by atoms with Gasteiger partial charge in [-0.3, -0.25) is 4.57 Å². The summed E-state index contributed by atoms with van der Waals surface area (Å²) >= 11 is 0. The quantitative estimate of drug-likeness (QED) is 0.649. The van der Waals surface area contributed by atoms with E-state index < -0.39 is 7.60 Å². The van der Waals surface area contributed by atoms with Crippen molar-refractivity contribution >= 4 is 7.60 Å². The molecule has 0 aliphatic heterocycles. The monoisotopic (exact) mass is 180 g/mol. The molecule has 11 heavy (non-hydrogen) atoms. The molecule has 4 nitrogen and oxygen atoms in total. The van der Waals surface area contributed by atoms with Gasteiger partial charge in [0.1, 0.15) is 0 Å². The minimum Gasteiger partial charge on any atom is -0.396 e. The first-order chi connectivity index (χ1) is 5.10. The third-order valence-electron chi connectivity index (χ3n) is 1.27. The highest BCUT2D eigenvalue weighted by atomic mass is 31.2. The van der Waals surface area contributed by atoms with Crippen molar-refractivity contribution in [2.45, 2.75) is 6.42 Å². The van der Waals surface area contributed by atoms with E-state index >= 15 is 0 Å². The topological polar surface area (TPSA) is 55.8 Å². The zero-order chi connectivity index (χ0) is 8.91. The molecule has 0 amide bonds. The van der Waals surface area contributed by atoms with Crippen molar-refractivity contribution in [3.63, 3.8) is 0 Å². The standard InChI is InChI=1S/C6H13O4P/c1-6(4-5-7)11(8,9-2)10-3/h7H,1,4-5H2,2-3H3. The molecule has 0 aliphatic rings. The molecule has 1 N–H and O–H groups in total. The minimum absolute atomic E-state index is 0.102. The lowest BCUT2D eigenvalue weighted by molar-refractivity contribution is 0.272. The van der Waals surface area contributed by atoms with Crippen molar-refractivity contribution in [1.29, 1.82) is 0 Å². The second-order valence-electron chi connectivity index (χ2n) is 1.90. The smallest absolute Gasteiger partial charge is 0.356 e. The van der Waals surface area contributed by atoms with Gasteiger partial charge in [0.2, 0.25) is 0 Å². The SMILES string of the molecule is C=C(CCO)P(=O)(OC)OC. The molecule has 0 saturated heterocycles. The molecule has 0 aliphatic carbocycles. The molecule has 5 heteroatoms. The third-order valence-corrected chi connectivity index (χ3v) is 3.23. The summed E-state index contributed by atoms with van der Waals surface area (Å²) in [7, 11) is -0.574. The van der Waals surface area contributed by atoms with E-state index in [1.807, 2.05) is 0 Å². The van der Waals surface area contributed by atoms with Crippen molar-refractivity contribution in [1.82, 2.24) is 0 Å². The van der Waals surface area contributed by atoms with Gasteiger partial charge < -0.3 is 14.2 Å². The highest BCUT2D eigenvalue weighted by molar-refractivity contribution is 7.58. The van der Waals surface area contributed by atoms with Crippen LogP contribution in [-0.2, 0) is 13.6 Å². The Morgan fingerprint density at radius 2 is 2.00 bits per heavy atom. The van der Waals surface area contributed by atoms with Crippen LogP contribution in [0.1, 0.15) is 6.42 Å². The van der Waals surface area contributed by atoms with Crippen LogP contribution >= 0.6 is 7.60 Å². The van der Waals surface area contributed by atoms with Gasteiger partial charge in [-0.25, -0.2) is 0 Å². The van der Waals surface area contributed by atoms with Crippen molar-refractivity contribution in [2.24, 2.45) is 0 Å². The maximum atomic E-state index is 11.4. The van der Waals surface area contributed by atoms with E-state index in [1.54, 1.807) is 0 Å². The number of rotatable bonds is 5. The van der Waals surface area contributed by atoms with Crippen molar-refractivity contribution in [3.8, 4) is 0 Å². The predicted molar refractivity (Wildman–Crippen MR) is 42.5 cm³/mol. The van der Waals surface area contributed by atoms with Gasteiger partial charge in [-0.05, 0) is 0 Å². The first-order valence-electron chi connectivity index (χ1n) is 3.11. The number of aliphatic hydroxyl groups is 1. The fourth-order valence-corrected chi connectivity index (χ4v) is 1.64. The summed E-state index contributed by atoms with van der Waals surface area (Å²) in [4.78, 5) is 0. The molecule has 0 spiro atoms. The van der Waals surface area contributed by atoms with Crippen LogP contribution in [0.4, 0.5) is 0 Å². The molecular formula is C6H13O4P. The molecule has 0 aromatic rings. The van der Waals surface area contributed by atoms with Gasteiger partial charge in [0.15, 0.2) is 0 Å². The molecule has 0 radical (unpaired) electrons. The summed E-state index contributed by atoms with van der Waals surface area (Å²) in [5, 5.41) is 8.79. The summed E-state index contributed by atoms with van der Waals surface area (Å²) in [5.74, 6) is 0. The largest absolute Gasteiger partial charge is 0.396 e. The van der Waals surface area contributed by atoms with Crippen LogP contribution in [0.15, 0.2) is 11.9 Å². The molecule has 0 rings (SSSR count). The average molecular weight is 180 g/mol. The molecule has 0 saturated carbocycles. The first-order valence-corrected chi connectivity index (χ1v) is 4.65. The highest BCUT2D eigenvalue weighted by Crippen LogP contribution is 2.54. The molecule has 0 unspecified atom stereocenters. The summed E-state index contributed by atoms with van der Waals surface area (Å²) in [6.07, 6.45) is 0.235. The molecule has 0 heterocycles. The third kappa shape index (κ3) is 2.75. The van der Waals surface area contributed by atoms with Crippen molar-refractivity contribution in [2.75, 3.05) is 20.8 Å². The van der Waals surface area contributed by atoms with E-state index in [-0.39, 0.29) is 13.0 Å². The van der Waals surface area contributed by atoms with Gasteiger partial charge in [0.05, 0.1) is 0 Å². The average Bonchev–Trinajstić information content (AvgIpc) is 2.03. The first kappa shape index (κ1) is 10.8. The van der Waals surface area contributed by atoms with Gasteiger partial charge in [-0.2, -0.15) is 0 Å². The van der Waals surface area contributed by atoms with E-state index in [4.69, 9.17) is 5.11 Å². The summed E-state index contributed by atoms with van der Waals surface area (Å²) in [5.41, 5.74) is 0. The Morgan fingerprint density at radius 1 is 1.55 bits per heavy atom. The fraction of sp³-hybridized carbons (Fsp3) is 0.667. The molecule has 0 atom stereocenters. The molecule has 0 bridgehead atoms. The van der Waals surface area contributed by atoms with Crippen LogP contribution in [0, 0.1) is 0 Å². The molecule has 0 fully saturated rings. The Kier molecular flexibility index (Phi) is 4.61. The maximum Gasteiger partial charge on any atom is 0.356 e. The Bertz CT molecular complexity index is 169. The lowest BCUT2D eigenvalue weighted by Gasteiger charge is -2.14.